The Morgan fingerprint density at radius 2 is 1.71 bits per heavy atom. The van der Waals surface area contributed by atoms with Crippen LogP contribution in [0.25, 0.3) is 0 Å². The summed E-state index contributed by atoms with van der Waals surface area (Å²) in [4.78, 5) is 16.5. The zero-order valence-corrected chi connectivity index (χ0v) is 14.9. The Morgan fingerprint density at radius 3 is 2.33 bits per heavy atom. The number of amides is 2. The average Bonchev–Trinajstić information content (AvgIpc) is 2.97. The van der Waals surface area contributed by atoms with E-state index < -0.39 is 10.0 Å². The van der Waals surface area contributed by atoms with E-state index in [1.54, 1.807) is 11.2 Å². The highest BCUT2D eigenvalue weighted by Gasteiger charge is 2.36. The minimum absolute atomic E-state index is 0.0793. The Labute approximate surface area is 144 Å². The van der Waals surface area contributed by atoms with Gasteiger partial charge in [-0.05, 0) is 25.3 Å². The smallest absolute Gasteiger partial charge is 0.320 e. The molecule has 1 aromatic rings. The maximum Gasteiger partial charge on any atom is 0.320 e. The lowest BCUT2D eigenvalue weighted by Gasteiger charge is -2.35. The molecule has 2 aliphatic heterocycles. The van der Waals surface area contributed by atoms with E-state index in [1.807, 2.05) is 40.1 Å². The molecule has 0 aromatic heterocycles. The fourth-order valence-corrected chi connectivity index (χ4v) is 4.64. The lowest BCUT2D eigenvalue weighted by Crippen LogP contribution is -2.48. The van der Waals surface area contributed by atoms with E-state index in [0.29, 0.717) is 19.6 Å². The molecular formula is C17H25N3O3S. The lowest BCUT2D eigenvalue weighted by atomic mass is 10.1. The number of hydrogen-bond donors (Lipinski definition) is 0. The minimum Gasteiger partial charge on any atom is -0.320 e. The van der Waals surface area contributed by atoms with Crippen LogP contribution in [0.3, 0.4) is 0 Å². The van der Waals surface area contributed by atoms with Crippen molar-refractivity contribution >= 4 is 16.1 Å². The fraction of sp³-hybridized carbons (Fsp3) is 0.588. The molecule has 24 heavy (non-hydrogen) atoms. The van der Waals surface area contributed by atoms with E-state index in [0.717, 1.165) is 31.5 Å². The summed E-state index contributed by atoms with van der Waals surface area (Å²) in [5, 5.41) is 0. The fourth-order valence-electron chi connectivity index (χ4n) is 3.51. The molecule has 0 unspecified atom stereocenters. The summed E-state index contributed by atoms with van der Waals surface area (Å²) in [6.45, 7) is 4.82. The van der Waals surface area contributed by atoms with Crippen molar-refractivity contribution in [1.82, 2.24) is 14.1 Å². The monoisotopic (exact) mass is 351 g/mol. The first kappa shape index (κ1) is 17.2. The van der Waals surface area contributed by atoms with E-state index in [1.165, 1.54) is 0 Å². The number of carbonyl (C=O) groups excluding carboxylic acids is 1. The van der Waals surface area contributed by atoms with Crippen molar-refractivity contribution in [2.24, 2.45) is 0 Å². The third-order valence-corrected chi connectivity index (χ3v) is 6.85. The standard InChI is InChI=1S/C17H25N3O3S/c1-2-24(22,23)19-10-8-16(9-11-19)20-13-12-18(17(20)21)14-15-6-4-3-5-7-15/h3-7,16H,2,8-14H2,1H3. The van der Waals surface area contributed by atoms with Gasteiger partial charge in [-0.25, -0.2) is 17.5 Å². The molecule has 1 aromatic carbocycles. The third-order valence-electron chi connectivity index (χ3n) is 4.97. The summed E-state index contributed by atoms with van der Waals surface area (Å²) in [5.74, 6) is 0.144. The van der Waals surface area contributed by atoms with Gasteiger partial charge >= 0.3 is 6.03 Å². The Kier molecular flexibility index (Phi) is 5.10. The van der Waals surface area contributed by atoms with E-state index in [2.05, 4.69) is 0 Å². The molecule has 2 heterocycles. The van der Waals surface area contributed by atoms with E-state index in [-0.39, 0.29) is 17.8 Å². The number of rotatable bonds is 5. The lowest BCUT2D eigenvalue weighted by molar-refractivity contribution is 0.153. The first-order valence-corrected chi connectivity index (χ1v) is 10.2. The summed E-state index contributed by atoms with van der Waals surface area (Å²) >= 11 is 0. The van der Waals surface area contributed by atoms with Crippen molar-refractivity contribution < 1.29 is 13.2 Å². The van der Waals surface area contributed by atoms with Crippen LogP contribution in [0, 0.1) is 0 Å². The molecule has 2 aliphatic rings. The number of urea groups is 1. The van der Waals surface area contributed by atoms with Gasteiger partial charge in [-0.15, -0.1) is 0 Å². The van der Waals surface area contributed by atoms with E-state index in [9.17, 15) is 13.2 Å². The van der Waals surface area contributed by atoms with Gasteiger partial charge in [0.15, 0.2) is 0 Å². The van der Waals surface area contributed by atoms with Crippen LogP contribution in [0.1, 0.15) is 25.3 Å². The summed E-state index contributed by atoms with van der Waals surface area (Å²) in [7, 11) is -3.11. The molecule has 2 amide bonds. The zero-order chi connectivity index (χ0) is 17.2. The minimum atomic E-state index is -3.11. The predicted octanol–water partition coefficient (Wildman–Crippen LogP) is 1.74. The van der Waals surface area contributed by atoms with E-state index in [4.69, 9.17) is 0 Å². The van der Waals surface area contributed by atoms with Crippen LogP contribution < -0.4 is 0 Å². The molecule has 0 atom stereocenters. The topological polar surface area (TPSA) is 60.9 Å². The maximum atomic E-state index is 12.7. The molecule has 7 heteroatoms. The van der Waals surface area contributed by atoms with Gasteiger partial charge in [0.25, 0.3) is 0 Å². The molecule has 0 bridgehead atoms. The molecule has 2 saturated heterocycles. The molecule has 0 aliphatic carbocycles. The Bertz CT molecular complexity index is 670. The third kappa shape index (κ3) is 3.57. The molecule has 0 N–H and O–H groups in total. The maximum absolute atomic E-state index is 12.7. The summed E-state index contributed by atoms with van der Waals surface area (Å²) in [5.41, 5.74) is 1.14. The van der Waals surface area contributed by atoms with Gasteiger partial charge in [-0.2, -0.15) is 0 Å². The van der Waals surface area contributed by atoms with Crippen LogP contribution in [-0.2, 0) is 16.6 Å². The van der Waals surface area contributed by atoms with Gasteiger partial charge in [0.05, 0.1) is 5.75 Å². The Morgan fingerprint density at radius 1 is 1.04 bits per heavy atom. The summed E-state index contributed by atoms with van der Waals surface area (Å²) in [6, 6.07) is 10.2. The summed E-state index contributed by atoms with van der Waals surface area (Å²) < 4.78 is 25.4. The van der Waals surface area contributed by atoms with Gasteiger partial charge in [0.1, 0.15) is 0 Å². The van der Waals surface area contributed by atoms with Crippen molar-refractivity contribution in [2.75, 3.05) is 31.9 Å². The SMILES string of the molecule is CCS(=O)(=O)N1CCC(N2CCN(Cc3ccccc3)C2=O)CC1. The normalized spacial score (nSPS) is 20.8. The van der Waals surface area contributed by atoms with E-state index >= 15 is 0 Å². The largest absolute Gasteiger partial charge is 0.320 e. The van der Waals surface area contributed by atoms with Crippen LogP contribution in [-0.4, -0.2) is 66.5 Å². The highest BCUT2D eigenvalue weighted by Crippen LogP contribution is 2.23. The molecule has 0 radical (unpaired) electrons. The predicted molar refractivity (Wildman–Crippen MR) is 93.0 cm³/mol. The zero-order valence-electron chi connectivity index (χ0n) is 14.1. The number of piperidine rings is 1. The Balaban J connectivity index is 1.57. The quantitative estimate of drug-likeness (QED) is 0.812. The number of benzene rings is 1. The van der Waals surface area contributed by atoms with Crippen molar-refractivity contribution in [3.05, 3.63) is 35.9 Å². The van der Waals surface area contributed by atoms with Gasteiger partial charge in [-0.1, -0.05) is 30.3 Å². The van der Waals surface area contributed by atoms with Crippen LogP contribution in [0.5, 0.6) is 0 Å². The number of hydrogen-bond acceptors (Lipinski definition) is 3. The molecular weight excluding hydrogens is 326 g/mol. The van der Waals surface area contributed by atoms with Crippen molar-refractivity contribution in [3.8, 4) is 0 Å². The number of nitrogens with zero attached hydrogens (tertiary/aromatic N) is 3. The molecule has 6 nitrogen and oxygen atoms in total. The number of sulfonamides is 1. The van der Waals surface area contributed by atoms with Crippen molar-refractivity contribution in [2.45, 2.75) is 32.4 Å². The number of carbonyl (C=O) groups is 1. The summed E-state index contributed by atoms with van der Waals surface area (Å²) in [6.07, 6.45) is 1.45. The van der Waals surface area contributed by atoms with Crippen LogP contribution in [0.15, 0.2) is 30.3 Å². The Hall–Kier alpha value is -1.60. The molecule has 0 saturated carbocycles. The highest BCUT2D eigenvalue weighted by molar-refractivity contribution is 7.89. The first-order valence-electron chi connectivity index (χ1n) is 8.58. The van der Waals surface area contributed by atoms with Crippen LogP contribution in [0.4, 0.5) is 4.79 Å². The van der Waals surface area contributed by atoms with Gasteiger partial charge < -0.3 is 9.80 Å². The second kappa shape index (κ2) is 7.11. The molecule has 132 valence electrons. The highest BCUT2D eigenvalue weighted by atomic mass is 32.2. The van der Waals surface area contributed by atoms with Crippen LogP contribution >= 0.6 is 0 Å². The molecule has 3 rings (SSSR count). The average molecular weight is 351 g/mol. The van der Waals surface area contributed by atoms with Gasteiger partial charge in [-0.3, -0.25) is 0 Å². The first-order chi connectivity index (χ1) is 11.5. The second-order valence-electron chi connectivity index (χ2n) is 6.41. The van der Waals surface area contributed by atoms with Crippen molar-refractivity contribution in [1.29, 1.82) is 0 Å². The molecule has 0 spiro atoms. The van der Waals surface area contributed by atoms with Crippen molar-refractivity contribution in [3.63, 3.8) is 0 Å². The van der Waals surface area contributed by atoms with Crippen LogP contribution in [0.2, 0.25) is 0 Å². The van der Waals surface area contributed by atoms with Gasteiger partial charge in [0.2, 0.25) is 10.0 Å². The molecule has 2 fully saturated rings. The van der Waals surface area contributed by atoms with Gasteiger partial charge in [0, 0.05) is 38.8 Å². The second-order valence-corrected chi connectivity index (χ2v) is 8.67.